The molecule has 0 fully saturated rings. The Morgan fingerprint density at radius 2 is 1.84 bits per heavy atom. The average Bonchev–Trinajstić information content (AvgIpc) is 2.75. The second-order valence-electron chi connectivity index (χ2n) is 4.22. The van der Waals surface area contributed by atoms with Gasteiger partial charge in [0.25, 0.3) is 0 Å². The second-order valence-corrected chi connectivity index (χ2v) is 5.04. The zero-order valence-electron chi connectivity index (χ0n) is 10.1. The van der Waals surface area contributed by atoms with Gasteiger partial charge in [-0.25, -0.2) is 4.98 Å². The monoisotopic (exact) mass is 404 g/mol. The lowest BCUT2D eigenvalue weighted by Gasteiger charge is -1.98. The Morgan fingerprint density at radius 3 is 2.58 bits per heavy atom. The van der Waals surface area contributed by atoms with E-state index in [1.165, 1.54) is 5.56 Å². The Balaban J connectivity index is 0.00000133. The predicted octanol–water partition coefficient (Wildman–Crippen LogP) is 5.23. The van der Waals surface area contributed by atoms with Crippen LogP contribution in [-0.2, 0) is 0 Å². The van der Waals surface area contributed by atoms with Gasteiger partial charge in [0.1, 0.15) is 5.65 Å². The summed E-state index contributed by atoms with van der Waals surface area (Å²) in [6.07, 6.45) is 3.98. The van der Waals surface area contributed by atoms with Gasteiger partial charge in [-0.15, -0.1) is 24.0 Å². The van der Waals surface area contributed by atoms with Gasteiger partial charge >= 0.3 is 0 Å². The van der Waals surface area contributed by atoms with Crippen LogP contribution in [0.25, 0.3) is 16.9 Å². The van der Waals surface area contributed by atoms with Gasteiger partial charge in [0.05, 0.1) is 15.7 Å². The molecule has 2 heterocycles. The number of aromatic nitrogens is 2. The molecule has 98 valence electrons. The molecule has 1 aromatic carbocycles. The summed E-state index contributed by atoms with van der Waals surface area (Å²) >= 11 is 11.9. The molecule has 0 radical (unpaired) electrons. The third kappa shape index (κ3) is 2.88. The zero-order chi connectivity index (χ0) is 12.7. The van der Waals surface area contributed by atoms with Crippen molar-refractivity contribution < 1.29 is 0 Å². The number of benzene rings is 1. The van der Waals surface area contributed by atoms with Crippen LogP contribution in [0.2, 0.25) is 10.0 Å². The molecule has 0 unspecified atom stereocenters. The molecule has 2 aromatic heterocycles. The van der Waals surface area contributed by atoms with Crippen LogP contribution in [0.5, 0.6) is 0 Å². The smallest absolute Gasteiger partial charge is 0.137 e. The maximum Gasteiger partial charge on any atom is 0.137 e. The highest BCUT2D eigenvalue weighted by molar-refractivity contribution is 14.0. The predicted molar refractivity (Wildman–Crippen MR) is 90.8 cm³/mol. The first-order valence-corrected chi connectivity index (χ1v) is 6.30. The highest BCUT2D eigenvalue weighted by Gasteiger charge is 2.06. The van der Waals surface area contributed by atoms with Gasteiger partial charge in [-0.1, -0.05) is 29.3 Å². The summed E-state index contributed by atoms with van der Waals surface area (Å²) < 4.78 is 1.99. The van der Waals surface area contributed by atoms with Crippen molar-refractivity contribution in [2.24, 2.45) is 0 Å². The Bertz CT molecular complexity index is 737. The molecule has 0 spiro atoms. The average molecular weight is 405 g/mol. The van der Waals surface area contributed by atoms with Crippen LogP contribution >= 0.6 is 47.2 Å². The molecule has 0 amide bonds. The summed E-state index contributed by atoms with van der Waals surface area (Å²) in [5.41, 5.74) is 3.97. The maximum atomic E-state index is 6.02. The van der Waals surface area contributed by atoms with Crippen molar-refractivity contribution in [2.75, 3.05) is 0 Å². The topological polar surface area (TPSA) is 17.3 Å². The van der Waals surface area contributed by atoms with Crippen molar-refractivity contribution in [3.8, 4) is 11.3 Å². The third-order valence-corrected chi connectivity index (χ3v) is 3.57. The fourth-order valence-corrected chi connectivity index (χ4v) is 2.18. The number of nitrogens with zero attached hydrogens (tertiary/aromatic N) is 2. The number of imidazole rings is 1. The van der Waals surface area contributed by atoms with E-state index in [0.29, 0.717) is 10.0 Å². The van der Waals surface area contributed by atoms with Crippen LogP contribution < -0.4 is 0 Å². The molecule has 0 aliphatic carbocycles. The van der Waals surface area contributed by atoms with Crippen molar-refractivity contribution >= 4 is 52.8 Å². The lowest BCUT2D eigenvalue weighted by Crippen LogP contribution is -1.81. The van der Waals surface area contributed by atoms with Crippen LogP contribution in [0, 0.1) is 6.92 Å². The first-order chi connectivity index (χ1) is 8.63. The van der Waals surface area contributed by atoms with Gasteiger partial charge in [-0.05, 0) is 36.8 Å². The van der Waals surface area contributed by atoms with Crippen molar-refractivity contribution in [3.63, 3.8) is 0 Å². The minimum absolute atomic E-state index is 0. The molecule has 0 N–H and O–H groups in total. The van der Waals surface area contributed by atoms with E-state index in [1.54, 1.807) is 6.07 Å². The van der Waals surface area contributed by atoms with E-state index in [9.17, 15) is 0 Å². The van der Waals surface area contributed by atoms with Crippen molar-refractivity contribution in [2.45, 2.75) is 6.92 Å². The number of rotatable bonds is 1. The highest BCUT2D eigenvalue weighted by atomic mass is 127. The van der Waals surface area contributed by atoms with Crippen LogP contribution in [0.4, 0.5) is 0 Å². The molecule has 19 heavy (non-hydrogen) atoms. The molecular formula is C14H11Cl2IN2. The van der Waals surface area contributed by atoms with Crippen LogP contribution in [-0.4, -0.2) is 9.38 Å². The molecule has 0 atom stereocenters. The van der Waals surface area contributed by atoms with Crippen molar-refractivity contribution in [1.82, 2.24) is 9.38 Å². The van der Waals surface area contributed by atoms with Crippen molar-refractivity contribution in [3.05, 3.63) is 58.3 Å². The van der Waals surface area contributed by atoms with Gasteiger partial charge in [0.2, 0.25) is 0 Å². The van der Waals surface area contributed by atoms with Crippen LogP contribution in [0.1, 0.15) is 5.56 Å². The largest absolute Gasteiger partial charge is 0.306 e. The standard InChI is InChI=1S/C14H10Cl2N2.HI/c1-9-4-5-18-8-13(17-14(18)6-9)10-2-3-11(15)12(16)7-10;/h2-8H,1H3;1H. The summed E-state index contributed by atoms with van der Waals surface area (Å²) in [5.74, 6) is 0. The van der Waals surface area contributed by atoms with Gasteiger partial charge in [-0.3, -0.25) is 0 Å². The summed E-state index contributed by atoms with van der Waals surface area (Å²) in [5, 5.41) is 1.10. The second kappa shape index (κ2) is 5.69. The van der Waals surface area contributed by atoms with Crippen molar-refractivity contribution in [1.29, 1.82) is 0 Å². The molecule has 2 nitrogen and oxygen atoms in total. The van der Waals surface area contributed by atoms with Gasteiger partial charge in [0.15, 0.2) is 0 Å². The Kier molecular flexibility index (Phi) is 4.38. The minimum Gasteiger partial charge on any atom is -0.306 e. The highest BCUT2D eigenvalue weighted by Crippen LogP contribution is 2.28. The van der Waals surface area contributed by atoms with Gasteiger partial charge < -0.3 is 4.40 Å². The van der Waals surface area contributed by atoms with E-state index >= 15 is 0 Å². The molecule has 0 aliphatic heterocycles. The molecule has 0 aliphatic rings. The van der Waals surface area contributed by atoms with E-state index in [4.69, 9.17) is 23.2 Å². The molecule has 0 saturated carbocycles. The SMILES string of the molecule is Cc1ccn2cc(-c3ccc(Cl)c(Cl)c3)nc2c1.I. The Labute approximate surface area is 138 Å². The lowest BCUT2D eigenvalue weighted by atomic mass is 10.2. The number of fused-ring (bicyclic) bond motifs is 1. The van der Waals surface area contributed by atoms with Crippen LogP contribution in [0.15, 0.2) is 42.7 Å². The number of pyridine rings is 1. The Hall–Kier alpha value is -0.780. The molecule has 3 aromatic rings. The maximum absolute atomic E-state index is 6.02. The number of hydrogen-bond acceptors (Lipinski definition) is 1. The Morgan fingerprint density at radius 1 is 1.05 bits per heavy atom. The van der Waals surface area contributed by atoms with E-state index < -0.39 is 0 Å². The van der Waals surface area contributed by atoms with E-state index in [-0.39, 0.29) is 24.0 Å². The molecule has 0 saturated heterocycles. The summed E-state index contributed by atoms with van der Waals surface area (Å²) in [7, 11) is 0. The summed E-state index contributed by atoms with van der Waals surface area (Å²) in [6, 6.07) is 9.63. The zero-order valence-corrected chi connectivity index (χ0v) is 13.9. The fraction of sp³-hybridized carbons (Fsp3) is 0.0714. The molecule has 5 heteroatoms. The summed E-state index contributed by atoms with van der Waals surface area (Å²) in [6.45, 7) is 2.05. The number of aryl methyl sites for hydroxylation is 1. The summed E-state index contributed by atoms with van der Waals surface area (Å²) in [4.78, 5) is 4.58. The number of halogens is 3. The van der Waals surface area contributed by atoms with Gasteiger partial charge in [-0.2, -0.15) is 0 Å². The first-order valence-electron chi connectivity index (χ1n) is 5.54. The van der Waals surface area contributed by atoms with Crippen LogP contribution in [0.3, 0.4) is 0 Å². The first kappa shape index (κ1) is 14.6. The third-order valence-electron chi connectivity index (χ3n) is 2.83. The minimum atomic E-state index is 0. The fourth-order valence-electron chi connectivity index (χ4n) is 1.88. The van der Waals surface area contributed by atoms with E-state index in [1.807, 2.05) is 48.0 Å². The van der Waals surface area contributed by atoms with Gasteiger partial charge in [0, 0.05) is 18.0 Å². The molecule has 0 bridgehead atoms. The van der Waals surface area contributed by atoms with E-state index in [0.717, 1.165) is 16.9 Å². The molecular weight excluding hydrogens is 394 g/mol. The number of hydrogen-bond donors (Lipinski definition) is 0. The normalized spacial score (nSPS) is 10.5. The lowest BCUT2D eigenvalue weighted by molar-refractivity contribution is 1.17. The van der Waals surface area contributed by atoms with E-state index in [2.05, 4.69) is 4.98 Å². The molecule has 3 rings (SSSR count). The quantitative estimate of drug-likeness (QED) is 0.507.